The van der Waals surface area contributed by atoms with Crippen molar-refractivity contribution in [1.29, 1.82) is 0 Å². The summed E-state index contributed by atoms with van der Waals surface area (Å²) in [4.78, 5) is 23.9. The van der Waals surface area contributed by atoms with Gasteiger partial charge in [-0.15, -0.1) is 35.1 Å². The highest BCUT2D eigenvalue weighted by Crippen LogP contribution is 2.35. The summed E-state index contributed by atoms with van der Waals surface area (Å²) in [6, 6.07) is 4.34. The maximum Gasteiger partial charge on any atom is 0.265 e. The summed E-state index contributed by atoms with van der Waals surface area (Å²) in [5, 5.41) is 4.27. The molecule has 0 spiro atoms. The molecule has 0 aromatic carbocycles. The third kappa shape index (κ3) is 4.08. The highest BCUT2D eigenvalue weighted by Gasteiger charge is 2.32. The first-order valence-corrected chi connectivity index (χ1v) is 10.6. The molecule has 0 radical (unpaired) electrons. The van der Waals surface area contributed by atoms with Gasteiger partial charge in [-0.1, -0.05) is 11.6 Å². The molecular formula is C17H22Cl2N4OS2. The van der Waals surface area contributed by atoms with Gasteiger partial charge in [0, 0.05) is 45.3 Å². The van der Waals surface area contributed by atoms with Crippen LogP contribution >= 0.6 is 46.7 Å². The molecule has 1 atom stereocenters. The van der Waals surface area contributed by atoms with Crippen LogP contribution < -0.4 is 5.32 Å². The number of amides is 1. The highest BCUT2D eigenvalue weighted by molar-refractivity contribution is 7.24. The number of piperazine rings is 1. The molecule has 2 saturated heterocycles. The van der Waals surface area contributed by atoms with Crippen LogP contribution in [0.3, 0.4) is 0 Å². The molecule has 1 unspecified atom stereocenters. The van der Waals surface area contributed by atoms with Gasteiger partial charge in [0.2, 0.25) is 0 Å². The van der Waals surface area contributed by atoms with E-state index in [1.54, 1.807) is 0 Å². The molecule has 0 aliphatic carbocycles. The van der Waals surface area contributed by atoms with Crippen molar-refractivity contribution in [3.63, 3.8) is 0 Å². The normalized spacial score (nSPS) is 21.0. The quantitative estimate of drug-likeness (QED) is 0.807. The van der Waals surface area contributed by atoms with Gasteiger partial charge >= 0.3 is 0 Å². The number of rotatable bonds is 3. The molecule has 2 aliphatic heterocycles. The van der Waals surface area contributed by atoms with Crippen LogP contribution in [-0.4, -0.2) is 66.0 Å². The van der Waals surface area contributed by atoms with E-state index in [1.807, 2.05) is 24.0 Å². The van der Waals surface area contributed by atoms with Gasteiger partial charge in [0.15, 0.2) is 0 Å². The molecule has 0 bridgehead atoms. The third-order valence-electron chi connectivity index (χ3n) is 4.89. The largest absolute Gasteiger partial charge is 0.336 e. The van der Waals surface area contributed by atoms with Crippen molar-refractivity contribution in [2.24, 2.45) is 0 Å². The molecule has 142 valence electrons. The van der Waals surface area contributed by atoms with E-state index in [-0.39, 0.29) is 18.3 Å². The number of nitrogens with one attached hydrogen (secondary N) is 1. The number of likely N-dealkylation sites (tertiary alicyclic amines) is 1. The van der Waals surface area contributed by atoms with E-state index in [9.17, 15) is 4.79 Å². The summed E-state index contributed by atoms with van der Waals surface area (Å²) in [7, 11) is 0. The molecule has 4 heterocycles. The number of aromatic nitrogens is 1. The van der Waals surface area contributed by atoms with Crippen molar-refractivity contribution >= 4 is 52.6 Å². The Balaban J connectivity index is 0.00000196. The maximum atomic E-state index is 13.0. The molecule has 4 rings (SSSR count). The number of carbonyl (C=O) groups is 1. The first kappa shape index (κ1) is 20.0. The molecular weight excluding hydrogens is 411 g/mol. The van der Waals surface area contributed by atoms with Crippen molar-refractivity contribution in [2.75, 3.05) is 39.3 Å². The van der Waals surface area contributed by atoms with Crippen molar-refractivity contribution in [3.8, 4) is 9.88 Å². The van der Waals surface area contributed by atoms with Crippen LogP contribution in [0.5, 0.6) is 0 Å². The highest BCUT2D eigenvalue weighted by atomic mass is 35.5. The van der Waals surface area contributed by atoms with Crippen molar-refractivity contribution in [3.05, 3.63) is 27.0 Å². The fourth-order valence-corrected chi connectivity index (χ4v) is 5.68. The monoisotopic (exact) mass is 432 g/mol. The van der Waals surface area contributed by atoms with Gasteiger partial charge in [0.25, 0.3) is 5.91 Å². The molecule has 1 amide bonds. The number of hydrogen-bond donors (Lipinski definition) is 1. The van der Waals surface area contributed by atoms with Gasteiger partial charge in [-0.2, -0.15) is 0 Å². The third-order valence-corrected chi connectivity index (χ3v) is 7.44. The summed E-state index contributed by atoms with van der Waals surface area (Å²) < 4.78 is 0.745. The number of nitrogens with zero attached hydrogens (tertiary/aromatic N) is 3. The van der Waals surface area contributed by atoms with Crippen molar-refractivity contribution in [1.82, 2.24) is 20.1 Å². The van der Waals surface area contributed by atoms with Gasteiger partial charge in [0.1, 0.15) is 9.88 Å². The number of thiophene rings is 1. The molecule has 9 heteroatoms. The second kappa shape index (κ2) is 8.54. The Morgan fingerprint density at radius 1 is 1.27 bits per heavy atom. The minimum atomic E-state index is 0. The molecule has 2 fully saturated rings. The SMILES string of the molecule is Cc1nc(-c2ccc(Cl)s2)sc1C(=O)N1CCC(N2CCNCC2)C1.Cl. The molecule has 0 saturated carbocycles. The second-order valence-electron chi connectivity index (χ2n) is 6.52. The average molecular weight is 433 g/mol. The van der Waals surface area contributed by atoms with Crippen LogP contribution in [0.2, 0.25) is 4.34 Å². The van der Waals surface area contributed by atoms with Crippen LogP contribution in [0.1, 0.15) is 21.8 Å². The summed E-state index contributed by atoms with van der Waals surface area (Å²) in [5.74, 6) is 0.126. The second-order valence-corrected chi connectivity index (χ2v) is 9.23. The van der Waals surface area contributed by atoms with E-state index in [2.05, 4.69) is 15.2 Å². The summed E-state index contributed by atoms with van der Waals surface area (Å²) >= 11 is 9.01. The number of thiazole rings is 1. The molecule has 2 aliphatic rings. The number of carbonyl (C=O) groups excluding carboxylic acids is 1. The predicted molar refractivity (Wildman–Crippen MR) is 111 cm³/mol. The smallest absolute Gasteiger partial charge is 0.265 e. The number of halogens is 2. The lowest BCUT2D eigenvalue weighted by atomic mass is 10.2. The van der Waals surface area contributed by atoms with E-state index in [0.717, 1.165) is 70.5 Å². The Bertz CT molecular complexity index is 773. The van der Waals surface area contributed by atoms with Crippen LogP contribution in [-0.2, 0) is 0 Å². The summed E-state index contributed by atoms with van der Waals surface area (Å²) in [6.45, 7) is 7.84. The Kier molecular flexibility index (Phi) is 6.59. The zero-order chi connectivity index (χ0) is 17.4. The molecule has 5 nitrogen and oxygen atoms in total. The van der Waals surface area contributed by atoms with Crippen molar-refractivity contribution < 1.29 is 4.79 Å². The van der Waals surface area contributed by atoms with Crippen molar-refractivity contribution in [2.45, 2.75) is 19.4 Å². The first-order chi connectivity index (χ1) is 12.1. The van der Waals surface area contributed by atoms with Gasteiger partial charge in [-0.25, -0.2) is 4.98 Å². The lowest BCUT2D eigenvalue weighted by molar-refractivity contribution is 0.0777. The Morgan fingerprint density at radius 3 is 2.73 bits per heavy atom. The number of hydrogen-bond acceptors (Lipinski definition) is 6. The van der Waals surface area contributed by atoms with E-state index in [0.29, 0.717) is 6.04 Å². The lowest BCUT2D eigenvalue weighted by Gasteiger charge is -2.32. The Labute approximate surface area is 172 Å². The first-order valence-electron chi connectivity index (χ1n) is 8.59. The topological polar surface area (TPSA) is 48.5 Å². The zero-order valence-corrected chi connectivity index (χ0v) is 17.7. The van der Waals surface area contributed by atoms with E-state index < -0.39 is 0 Å². The van der Waals surface area contributed by atoms with E-state index in [1.165, 1.54) is 22.7 Å². The minimum absolute atomic E-state index is 0. The van der Waals surface area contributed by atoms with Gasteiger partial charge in [0.05, 0.1) is 14.9 Å². The fraction of sp³-hybridized carbons (Fsp3) is 0.529. The molecule has 2 aromatic heterocycles. The van der Waals surface area contributed by atoms with Crippen LogP contribution in [0.4, 0.5) is 0 Å². The summed E-state index contributed by atoms with van der Waals surface area (Å²) in [6.07, 6.45) is 1.07. The van der Waals surface area contributed by atoms with E-state index >= 15 is 0 Å². The van der Waals surface area contributed by atoms with Gasteiger partial charge < -0.3 is 10.2 Å². The maximum absolute atomic E-state index is 13.0. The standard InChI is InChI=1S/C17H21ClN4OS2.ClH/c1-11-15(25-16(20-11)13-2-3-14(18)24-13)17(23)22-7-4-12(10-22)21-8-5-19-6-9-21;/h2-3,12,19H,4-10H2,1H3;1H. The zero-order valence-electron chi connectivity index (χ0n) is 14.5. The summed E-state index contributed by atoms with van der Waals surface area (Å²) in [5.41, 5.74) is 0.820. The van der Waals surface area contributed by atoms with Gasteiger partial charge in [-0.05, 0) is 25.5 Å². The van der Waals surface area contributed by atoms with Crippen LogP contribution in [0.25, 0.3) is 9.88 Å². The molecule has 26 heavy (non-hydrogen) atoms. The molecule has 1 N–H and O–H groups in total. The van der Waals surface area contributed by atoms with Crippen LogP contribution in [0, 0.1) is 6.92 Å². The van der Waals surface area contributed by atoms with Gasteiger partial charge in [-0.3, -0.25) is 9.69 Å². The Hall–Kier alpha value is -0.700. The number of aryl methyl sites for hydroxylation is 1. The van der Waals surface area contributed by atoms with E-state index in [4.69, 9.17) is 11.6 Å². The average Bonchev–Trinajstić information content (AvgIpc) is 3.34. The molecule has 2 aromatic rings. The Morgan fingerprint density at radius 2 is 2.04 bits per heavy atom. The minimum Gasteiger partial charge on any atom is -0.336 e. The lowest BCUT2D eigenvalue weighted by Crippen LogP contribution is -2.49. The predicted octanol–water partition coefficient (Wildman–Crippen LogP) is 3.37. The fourth-order valence-electron chi connectivity index (χ4n) is 3.54. The van der Waals surface area contributed by atoms with Crippen LogP contribution in [0.15, 0.2) is 12.1 Å².